The molecule has 9 heteroatoms. The fraction of sp³-hybridized carbons (Fsp3) is 0.259. The third-order valence-electron chi connectivity index (χ3n) is 6.41. The van der Waals surface area contributed by atoms with Crippen LogP contribution in [0.3, 0.4) is 0 Å². The van der Waals surface area contributed by atoms with Crippen LogP contribution in [0.15, 0.2) is 65.7 Å². The fourth-order valence-corrected chi connectivity index (χ4v) is 5.21. The number of thioether (sulfide) groups is 1. The van der Waals surface area contributed by atoms with Crippen molar-refractivity contribution in [3.8, 4) is 11.1 Å². The molecule has 2 heterocycles. The third-order valence-corrected chi connectivity index (χ3v) is 7.22. The number of rotatable bonds is 7. The number of amides is 2. The number of nitrogens with zero attached hydrogens (tertiary/aromatic N) is 2. The molecule has 2 amide bonds. The molecule has 1 aromatic heterocycles. The van der Waals surface area contributed by atoms with Crippen LogP contribution in [0, 0.1) is 5.82 Å². The lowest BCUT2D eigenvalue weighted by atomic mass is 9.91. The van der Waals surface area contributed by atoms with Crippen LogP contribution in [-0.4, -0.2) is 33.2 Å². The molecule has 1 aliphatic heterocycles. The molecule has 3 N–H and O–H groups in total. The summed E-state index contributed by atoms with van der Waals surface area (Å²) in [7, 11) is 0. The first kappa shape index (κ1) is 24.1. The monoisotopic (exact) mass is 503 g/mol. The Bertz CT molecular complexity index is 1290. The molecule has 1 aliphatic carbocycles. The number of carbonyl (C=O) groups excluding carboxylic acids is 2. The molecule has 0 spiro atoms. The lowest BCUT2D eigenvalue weighted by Crippen LogP contribution is -2.37. The molecule has 0 unspecified atom stereocenters. The number of aromatic nitrogens is 2. The van der Waals surface area contributed by atoms with Crippen molar-refractivity contribution in [1.82, 2.24) is 20.6 Å². The predicted molar refractivity (Wildman–Crippen MR) is 139 cm³/mol. The van der Waals surface area contributed by atoms with E-state index in [4.69, 9.17) is 0 Å². The van der Waals surface area contributed by atoms with Gasteiger partial charge in [-0.2, -0.15) is 0 Å². The van der Waals surface area contributed by atoms with Crippen molar-refractivity contribution in [2.75, 3.05) is 5.32 Å². The van der Waals surface area contributed by atoms with Gasteiger partial charge in [-0.05, 0) is 78.4 Å². The van der Waals surface area contributed by atoms with E-state index in [0.29, 0.717) is 22.6 Å². The van der Waals surface area contributed by atoms with Gasteiger partial charge in [-0.25, -0.2) is 14.4 Å². The minimum Gasteiger partial charge on any atom is -0.351 e. The molecule has 184 valence electrons. The van der Waals surface area contributed by atoms with Gasteiger partial charge in [0, 0.05) is 24.8 Å². The summed E-state index contributed by atoms with van der Waals surface area (Å²) in [6, 6.07) is 17.2. The molecule has 5 rings (SSSR count). The van der Waals surface area contributed by atoms with Crippen LogP contribution in [0.4, 0.5) is 15.1 Å². The summed E-state index contributed by atoms with van der Waals surface area (Å²) in [5.41, 5.74) is 3.90. The lowest BCUT2D eigenvalue weighted by Gasteiger charge is -2.30. The number of hydrogen-bond donors (Lipinski definition) is 3. The summed E-state index contributed by atoms with van der Waals surface area (Å²) in [6.45, 7) is 0.754. The van der Waals surface area contributed by atoms with Crippen LogP contribution in [0.25, 0.3) is 17.2 Å². The summed E-state index contributed by atoms with van der Waals surface area (Å²) >= 11 is 0.872. The highest BCUT2D eigenvalue weighted by Crippen LogP contribution is 2.27. The van der Waals surface area contributed by atoms with E-state index in [1.165, 1.54) is 17.7 Å². The third kappa shape index (κ3) is 5.98. The van der Waals surface area contributed by atoms with Crippen molar-refractivity contribution in [2.45, 2.75) is 44.3 Å². The Kier molecular flexibility index (Phi) is 7.39. The molecule has 2 fully saturated rings. The van der Waals surface area contributed by atoms with Crippen LogP contribution >= 0.6 is 11.8 Å². The van der Waals surface area contributed by atoms with Gasteiger partial charge in [-0.15, -0.1) is 0 Å². The van der Waals surface area contributed by atoms with Gasteiger partial charge >= 0.3 is 0 Å². The average Bonchev–Trinajstić information content (AvgIpc) is 3.20. The van der Waals surface area contributed by atoms with E-state index in [1.54, 1.807) is 18.3 Å². The largest absolute Gasteiger partial charge is 0.351 e. The van der Waals surface area contributed by atoms with Gasteiger partial charge in [-0.3, -0.25) is 14.9 Å². The van der Waals surface area contributed by atoms with Gasteiger partial charge in [0.05, 0.1) is 10.6 Å². The van der Waals surface area contributed by atoms with Crippen LogP contribution in [0.5, 0.6) is 0 Å². The molecule has 7 nitrogen and oxygen atoms in total. The van der Waals surface area contributed by atoms with Gasteiger partial charge in [0.25, 0.3) is 11.1 Å². The smallest absolute Gasteiger partial charge is 0.290 e. The minimum atomic E-state index is -0.399. The Morgan fingerprint density at radius 3 is 2.50 bits per heavy atom. The number of imide groups is 1. The summed E-state index contributed by atoms with van der Waals surface area (Å²) in [5, 5.41) is 8.98. The van der Waals surface area contributed by atoms with Crippen molar-refractivity contribution in [3.63, 3.8) is 0 Å². The summed E-state index contributed by atoms with van der Waals surface area (Å²) in [5.74, 6) is -0.112. The zero-order chi connectivity index (χ0) is 24.9. The van der Waals surface area contributed by atoms with E-state index in [-0.39, 0.29) is 17.1 Å². The van der Waals surface area contributed by atoms with E-state index in [1.807, 2.05) is 24.3 Å². The van der Waals surface area contributed by atoms with Crippen molar-refractivity contribution < 1.29 is 14.0 Å². The standard InChI is InChI=1S/C27H26FN5O2S/c28-19-7-5-17(6-8-19)23-4-2-1-3-18(23)16-30-20-9-11-21(12-10-20)31-26-29-14-13-22(32-26)15-24-25(34)33-27(35)36-24/h1-8,13-15,20-21,30H,9-12,16H2,(H,29,31,32)(H,33,34,35)/b24-15-/t20-,21-. The molecular weight excluding hydrogens is 477 g/mol. The number of nitrogens with one attached hydrogen (secondary N) is 3. The maximum Gasteiger partial charge on any atom is 0.290 e. The van der Waals surface area contributed by atoms with Crippen LogP contribution in [0.1, 0.15) is 36.9 Å². The quantitative estimate of drug-likeness (QED) is 0.385. The molecule has 36 heavy (non-hydrogen) atoms. The molecule has 2 aromatic carbocycles. The average molecular weight is 504 g/mol. The number of hydrogen-bond acceptors (Lipinski definition) is 7. The maximum atomic E-state index is 13.3. The second kappa shape index (κ2) is 11.0. The Labute approximate surface area is 213 Å². The number of anilines is 1. The second-order valence-electron chi connectivity index (χ2n) is 8.90. The van der Waals surface area contributed by atoms with Crippen LogP contribution < -0.4 is 16.0 Å². The molecule has 1 saturated heterocycles. The molecule has 2 aliphatic rings. The summed E-state index contributed by atoms with van der Waals surface area (Å²) in [6.07, 6.45) is 7.27. The van der Waals surface area contributed by atoms with E-state index in [9.17, 15) is 14.0 Å². The van der Waals surface area contributed by atoms with Gasteiger partial charge < -0.3 is 10.6 Å². The molecule has 0 radical (unpaired) electrons. The van der Waals surface area contributed by atoms with Crippen LogP contribution in [0.2, 0.25) is 0 Å². The zero-order valence-electron chi connectivity index (χ0n) is 19.5. The topological polar surface area (TPSA) is 96.0 Å². The number of benzene rings is 2. The molecule has 1 saturated carbocycles. The van der Waals surface area contributed by atoms with Gasteiger partial charge in [0.15, 0.2) is 0 Å². The van der Waals surface area contributed by atoms with Crippen molar-refractivity contribution >= 4 is 34.9 Å². The Hall–Kier alpha value is -3.56. The predicted octanol–water partition coefficient (Wildman–Crippen LogP) is 5.12. The summed E-state index contributed by atoms with van der Waals surface area (Å²) < 4.78 is 13.3. The van der Waals surface area contributed by atoms with Crippen molar-refractivity contribution in [1.29, 1.82) is 0 Å². The summed E-state index contributed by atoms with van der Waals surface area (Å²) in [4.78, 5) is 32.3. The highest BCUT2D eigenvalue weighted by atomic mass is 32.2. The molecule has 0 bridgehead atoms. The SMILES string of the molecule is O=C1NC(=O)/C(=C/c2ccnc(N[C@H]3CC[C@H](NCc4ccccc4-c4ccc(F)cc4)CC3)n2)S1. The van der Waals surface area contributed by atoms with Gasteiger partial charge in [-0.1, -0.05) is 36.4 Å². The van der Waals surface area contributed by atoms with E-state index in [2.05, 4.69) is 38.1 Å². The highest BCUT2D eigenvalue weighted by Gasteiger charge is 2.25. The lowest BCUT2D eigenvalue weighted by molar-refractivity contribution is -0.115. The van der Waals surface area contributed by atoms with E-state index >= 15 is 0 Å². The van der Waals surface area contributed by atoms with E-state index in [0.717, 1.165) is 55.1 Å². The van der Waals surface area contributed by atoms with Crippen molar-refractivity contribution in [3.05, 3.63) is 82.8 Å². The van der Waals surface area contributed by atoms with E-state index < -0.39 is 5.91 Å². The van der Waals surface area contributed by atoms with Crippen molar-refractivity contribution in [2.24, 2.45) is 0 Å². The number of halogens is 1. The first-order valence-corrected chi connectivity index (χ1v) is 12.8. The van der Waals surface area contributed by atoms with Gasteiger partial charge in [0.2, 0.25) is 5.95 Å². The Balaban J connectivity index is 1.14. The molecule has 3 aromatic rings. The molecule has 0 atom stereocenters. The zero-order valence-corrected chi connectivity index (χ0v) is 20.4. The highest BCUT2D eigenvalue weighted by molar-refractivity contribution is 8.18. The first-order chi connectivity index (χ1) is 17.5. The fourth-order valence-electron chi connectivity index (χ4n) is 4.54. The van der Waals surface area contributed by atoms with Gasteiger partial charge in [0.1, 0.15) is 5.82 Å². The first-order valence-electron chi connectivity index (χ1n) is 12.0. The minimum absolute atomic E-state index is 0.231. The number of carbonyl (C=O) groups is 2. The van der Waals surface area contributed by atoms with Crippen LogP contribution in [-0.2, 0) is 11.3 Å². The second-order valence-corrected chi connectivity index (χ2v) is 9.91. The maximum absolute atomic E-state index is 13.3. The Morgan fingerprint density at radius 2 is 1.75 bits per heavy atom. The molecular formula is C27H26FN5O2S. The normalized spacial score (nSPS) is 21.0. The Morgan fingerprint density at radius 1 is 1.00 bits per heavy atom.